The Kier molecular flexibility index (Phi) is 6.93. The van der Waals surface area contributed by atoms with Crippen LogP contribution in [0.15, 0.2) is 42.5 Å². The van der Waals surface area contributed by atoms with Gasteiger partial charge in [0.1, 0.15) is 11.5 Å². The van der Waals surface area contributed by atoms with Crippen LogP contribution in [0.4, 0.5) is 0 Å². The Hall–Kier alpha value is -2.53. The third kappa shape index (κ3) is 5.26. The molecule has 5 nitrogen and oxygen atoms in total. The SMILES string of the molecule is COc1cccc(CCC(=O)N2CCN(Cc3ccc(OC)c(C)c3)CC2)c1. The number of carbonyl (C=O) groups is 1. The fraction of sp³-hybridized carbons (Fsp3) is 0.435. The molecular formula is C23H30N2O3. The molecule has 0 saturated carbocycles. The van der Waals surface area contributed by atoms with Crippen LogP contribution in [-0.4, -0.2) is 56.1 Å². The maximum Gasteiger partial charge on any atom is 0.222 e. The van der Waals surface area contributed by atoms with E-state index < -0.39 is 0 Å². The number of nitrogens with zero attached hydrogens (tertiary/aromatic N) is 2. The van der Waals surface area contributed by atoms with Crippen molar-refractivity contribution in [3.8, 4) is 11.5 Å². The summed E-state index contributed by atoms with van der Waals surface area (Å²) in [5.41, 5.74) is 3.59. The summed E-state index contributed by atoms with van der Waals surface area (Å²) >= 11 is 0. The fourth-order valence-corrected chi connectivity index (χ4v) is 3.69. The molecule has 0 bridgehead atoms. The zero-order valence-electron chi connectivity index (χ0n) is 17.1. The number of rotatable bonds is 7. The average Bonchev–Trinajstić information content (AvgIpc) is 2.73. The molecule has 1 heterocycles. The molecular weight excluding hydrogens is 352 g/mol. The molecule has 5 heteroatoms. The number of carbonyl (C=O) groups excluding carboxylic acids is 1. The molecule has 1 amide bonds. The van der Waals surface area contributed by atoms with Crippen LogP contribution in [0.3, 0.4) is 0 Å². The third-order valence-corrected chi connectivity index (χ3v) is 5.35. The Morgan fingerprint density at radius 1 is 0.964 bits per heavy atom. The Balaban J connectivity index is 1.45. The number of piperazine rings is 1. The molecule has 2 aromatic carbocycles. The van der Waals surface area contributed by atoms with Crippen LogP contribution in [0.1, 0.15) is 23.1 Å². The highest BCUT2D eigenvalue weighted by Gasteiger charge is 2.21. The van der Waals surface area contributed by atoms with Gasteiger partial charge >= 0.3 is 0 Å². The maximum atomic E-state index is 12.6. The molecule has 0 aromatic heterocycles. The lowest BCUT2D eigenvalue weighted by molar-refractivity contribution is -0.133. The predicted octanol–water partition coefficient (Wildman–Crippen LogP) is 3.29. The van der Waals surface area contributed by atoms with E-state index in [1.807, 2.05) is 35.2 Å². The molecule has 28 heavy (non-hydrogen) atoms. The molecule has 1 aliphatic heterocycles. The number of hydrogen-bond acceptors (Lipinski definition) is 4. The molecule has 0 spiro atoms. The minimum absolute atomic E-state index is 0.239. The van der Waals surface area contributed by atoms with Gasteiger partial charge < -0.3 is 14.4 Å². The number of ether oxygens (including phenoxy) is 2. The molecule has 1 aliphatic rings. The van der Waals surface area contributed by atoms with Gasteiger partial charge in [-0.05, 0) is 48.2 Å². The van der Waals surface area contributed by atoms with E-state index in [0.717, 1.165) is 61.8 Å². The van der Waals surface area contributed by atoms with E-state index in [1.165, 1.54) is 5.56 Å². The monoisotopic (exact) mass is 382 g/mol. The van der Waals surface area contributed by atoms with Gasteiger partial charge in [-0.1, -0.05) is 24.3 Å². The molecule has 3 rings (SSSR count). The van der Waals surface area contributed by atoms with E-state index in [2.05, 4.69) is 24.0 Å². The fourth-order valence-electron chi connectivity index (χ4n) is 3.69. The standard InChI is InChI=1S/C23H30N2O3/c1-18-15-20(7-9-22(18)28-3)17-24-11-13-25(14-12-24)23(26)10-8-19-5-4-6-21(16-19)27-2/h4-7,9,15-16H,8,10-14,17H2,1-3H3. The van der Waals surface area contributed by atoms with Crippen LogP contribution in [0, 0.1) is 6.92 Å². The average molecular weight is 383 g/mol. The van der Waals surface area contributed by atoms with E-state index in [0.29, 0.717) is 6.42 Å². The van der Waals surface area contributed by atoms with Gasteiger partial charge in [-0.15, -0.1) is 0 Å². The zero-order valence-corrected chi connectivity index (χ0v) is 17.1. The molecule has 2 aromatic rings. The quantitative estimate of drug-likeness (QED) is 0.737. The lowest BCUT2D eigenvalue weighted by atomic mass is 10.1. The van der Waals surface area contributed by atoms with Crippen molar-refractivity contribution in [2.75, 3.05) is 40.4 Å². The van der Waals surface area contributed by atoms with Crippen molar-refractivity contribution in [2.45, 2.75) is 26.3 Å². The second-order valence-corrected chi connectivity index (χ2v) is 7.31. The van der Waals surface area contributed by atoms with Gasteiger partial charge in [0.2, 0.25) is 5.91 Å². The van der Waals surface area contributed by atoms with Gasteiger partial charge in [-0.2, -0.15) is 0 Å². The van der Waals surface area contributed by atoms with Crippen LogP contribution < -0.4 is 9.47 Å². The Bertz CT molecular complexity index is 798. The van der Waals surface area contributed by atoms with Crippen molar-refractivity contribution in [1.82, 2.24) is 9.80 Å². The summed E-state index contributed by atoms with van der Waals surface area (Å²) in [5.74, 6) is 2.00. The first-order valence-corrected chi connectivity index (χ1v) is 9.85. The summed E-state index contributed by atoms with van der Waals surface area (Å²) in [6, 6.07) is 14.3. The molecule has 0 unspecified atom stereocenters. The first-order valence-electron chi connectivity index (χ1n) is 9.85. The molecule has 1 saturated heterocycles. The minimum atomic E-state index is 0.239. The Labute approximate surface area is 167 Å². The molecule has 0 atom stereocenters. The molecule has 0 aliphatic carbocycles. The zero-order chi connectivity index (χ0) is 19.9. The Morgan fingerprint density at radius 2 is 1.75 bits per heavy atom. The Morgan fingerprint density at radius 3 is 2.43 bits per heavy atom. The normalized spacial score (nSPS) is 14.8. The summed E-state index contributed by atoms with van der Waals surface area (Å²) in [6.45, 7) is 6.40. The lowest BCUT2D eigenvalue weighted by Gasteiger charge is -2.35. The highest BCUT2D eigenvalue weighted by Crippen LogP contribution is 2.20. The van der Waals surface area contributed by atoms with Gasteiger partial charge in [0.25, 0.3) is 0 Å². The van der Waals surface area contributed by atoms with Crippen LogP contribution in [0.25, 0.3) is 0 Å². The van der Waals surface area contributed by atoms with Gasteiger partial charge in [-0.3, -0.25) is 9.69 Å². The van der Waals surface area contributed by atoms with Crippen molar-refractivity contribution in [3.63, 3.8) is 0 Å². The minimum Gasteiger partial charge on any atom is -0.497 e. The van der Waals surface area contributed by atoms with Crippen LogP contribution in [0.5, 0.6) is 11.5 Å². The van der Waals surface area contributed by atoms with Gasteiger partial charge in [0.15, 0.2) is 0 Å². The summed E-state index contributed by atoms with van der Waals surface area (Å²) in [6.07, 6.45) is 1.30. The van der Waals surface area contributed by atoms with Crippen molar-refractivity contribution in [2.24, 2.45) is 0 Å². The van der Waals surface area contributed by atoms with E-state index in [4.69, 9.17) is 9.47 Å². The van der Waals surface area contributed by atoms with Gasteiger partial charge in [-0.25, -0.2) is 0 Å². The van der Waals surface area contributed by atoms with Crippen molar-refractivity contribution in [3.05, 3.63) is 59.2 Å². The number of hydrogen-bond donors (Lipinski definition) is 0. The smallest absolute Gasteiger partial charge is 0.222 e. The van der Waals surface area contributed by atoms with Gasteiger partial charge in [0, 0.05) is 39.1 Å². The van der Waals surface area contributed by atoms with E-state index >= 15 is 0 Å². The highest BCUT2D eigenvalue weighted by molar-refractivity contribution is 5.76. The maximum absolute atomic E-state index is 12.6. The highest BCUT2D eigenvalue weighted by atomic mass is 16.5. The molecule has 1 fully saturated rings. The molecule has 0 N–H and O–H groups in total. The van der Waals surface area contributed by atoms with Crippen molar-refractivity contribution >= 4 is 5.91 Å². The predicted molar refractivity (Wildman–Crippen MR) is 111 cm³/mol. The van der Waals surface area contributed by atoms with Crippen molar-refractivity contribution in [1.29, 1.82) is 0 Å². The summed E-state index contributed by atoms with van der Waals surface area (Å²) in [5, 5.41) is 0. The number of amides is 1. The first-order chi connectivity index (χ1) is 13.6. The molecule has 0 radical (unpaired) electrons. The largest absolute Gasteiger partial charge is 0.497 e. The second-order valence-electron chi connectivity index (χ2n) is 7.31. The van der Waals surface area contributed by atoms with Crippen LogP contribution in [-0.2, 0) is 17.8 Å². The summed E-state index contributed by atoms with van der Waals surface area (Å²) < 4.78 is 10.6. The number of aryl methyl sites for hydroxylation is 2. The van der Waals surface area contributed by atoms with E-state index in [-0.39, 0.29) is 5.91 Å². The third-order valence-electron chi connectivity index (χ3n) is 5.35. The summed E-state index contributed by atoms with van der Waals surface area (Å²) in [7, 11) is 3.36. The second kappa shape index (κ2) is 9.60. The van der Waals surface area contributed by atoms with Gasteiger partial charge in [0.05, 0.1) is 14.2 Å². The number of methoxy groups -OCH3 is 2. The van der Waals surface area contributed by atoms with Crippen LogP contribution >= 0.6 is 0 Å². The number of benzene rings is 2. The van der Waals surface area contributed by atoms with E-state index in [1.54, 1.807) is 14.2 Å². The topological polar surface area (TPSA) is 42.0 Å². The summed E-state index contributed by atoms with van der Waals surface area (Å²) in [4.78, 5) is 17.0. The first kappa shape index (κ1) is 20.2. The van der Waals surface area contributed by atoms with Crippen LogP contribution in [0.2, 0.25) is 0 Å². The lowest BCUT2D eigenvalue weighted by Crippen LogP contribution is -2.48. The molecule has 150 valence electrons. The van der Waals surface area contributed by atoms with Crippen molar-refractivity contribution < 1.29 is 14.3 Å². The van der Waals surface area contributed by atoms with E-state index in [9.17, 15) is 4.79 Å².